The highest BCUT2D eigenvalue weighted by Gasteiger charge is 1.98. The predicted octanol–water partition coefficient (Wildman–Crippen LogP) is 3.37. The first-order valence-electron chi connectivity index (χ1n) is 5.16. The van der Waals surface area contributed by atoms with Crippen LogP contribution in [0.3, 0.4) is 0 Å². The molecule has 0 radical (unpaired) electrons. The van der Waals surface area contributed by atoms with Gasteiger partial charge < -0.3 is 5.11 Å². The monoisotopic (exact) mass is 222 g/mol. The average Bonchev–Trinajstić information content (AvgIpc) is 2.25. The molecule has 0 heterocycles. The van der Waals surface area contributed by atoms with Crippen LogP contribution in [-0.4, -0.2) is 5.11 Å². The highest BCUT2D eigenvalue weighted by Crippen LogP contribution is 2.15. The Morgan fingerprint density at radius 3 is 2.87 bits per heavy atom. The molecule has 15 heavy (non-hydrogen) atoms. The van der Waals surface area contributed by atoms with Gasteiger partial charge >= 0.3 is 0 Å². The smallest absolute Gasteiger partial charge is 0.0694 e. The van der Waals surface area contributed by atoms with Gasteiger partial charge in [0.15, 0.2) is 0 Å². The summed E-state index contributed by atoms with van der Waals surface area (Å²) in [5, 5.41) is 9.76. The minimum Gasteiger partial charge on any atom is -0.392 e. The molecule has 1 nitrogen and oxygen atoms in total. The average molecular weight is 223 g/mol. The first kappa shape index (κ1) is 12.1. The molecule has 80 valence electrons. The minimum absolute atomic E-state index is 0.00889. The Labute approximate surface area is 96.1 Å². The Kier molecular flexibility index (Phi) is 5.25. The van der Waals surface area contributed by atoms with Crippen LogP contribution in [0.1, 0.15) is 37.3 Å². The first-order chi connectivity index (χ1) is 7.27. The van der Waals surface area contributed by atoms with Crippen LogP contribution in [0.5, 0.6) is 0 Å². The van der Waals surface area contributed by atoms with E-state index in [2.05, 4.69) is 18.8 Å². The number of rotatable bonds is 3. The number of hydrogen-bond donors (Lipinski definition) is 1. The summed E-state index contributed by atoms with van der Waals surface area (Å²) in [4.78, 5) is 0. The van der Waals surface area contributed by atoms with E-state index in [0.717, 1.165) is 30.4 Å². The number of aliphatic hydroxyl groups excluding tert-OH is 1. The molecule has 2 heteroatoms. The predicted molar refractivity (Wildman–Crippen MR) is 63.8 cm³/mol. The van der Waals surface area contributed by atoms with Crippen LogP contribution < -0.4 is 0 Å². The van der Waals surface area contributed by atoms with E-state index in [9.17, 15) is 0 Å². The molecule has 1 aromatic carbocycles. The summed E-state index contributed by atoms with van der Waals surface area (Å²) in [6, 6.07) is 5.38. The van der Waals surface area contributed by atoms with Crippen LogP contribution in [0.25, 0.3) is 0 Å². The normalized spacial score (nSPS) is 9.53. The third-order valence-corrected chi connectivity index (χ3v) is 2.36. The molecule has 0 unspecified atom stereocenters. The highest BCUT2D eigenvalue weighted by atomic mass is 35.5. The molecule has 0 aliphatic heterocycles. The van der Waals surface area contributed by atoms with Gasteiger partial charge in [-0.05, 0) is 24.1 Å². The van der Waals surface area contributed by atoms with Crippen molar-refractivity contribution in [2.45, 2.75) is 32.8 Å². The van der Waals surface area contributed by atoms with Crippen LogP contribution in [0.2, 0.25) is 5.02 Å². The summed E-state index contributed by atoms with van der Waals surface area (Å²) in [6.07, 6.45) is 3.16. The molecule has 0 atom stereocenters. The van der Waals surface area contributed by atoms with Crippen molar-refractivity contribution in [2.24, 2.45) is 0 Å². The molecule has 0 amide bonds. The van der Waals surface area contributed by atoms with Crippen molar-refractivity contribution < 1.29 is 5.11 Å². The quantitative estimate of drug-likeness (QED) is 0.614. The number of benzene rings is 1. The van der Waals surface area contributed by atoms with Crippen molar-refractivity contribution >= 4 is 11.6 Å². The van der Waals surface area contributed by atoms with Crippen molar-refractivity contribution in [1.29, 1.82) is 0 Å². The fourth-order valence-corrected chi connectivity index (χ4v) is 1.40. The van der Waals surface area contributed by atoms with E-state index in [4.69, 9.17) is 16.7 Å². The summed E-state index contributed by atoms with van der Waals surface area (Å²) < 4.78 is 0. The van der Waals surface area contributed by atoms with Gasteiger partial charge in [0.05, 0.1) is 6.61 Å². The van der Waals surface area contributed by atoms with Gasteiger partial charge in [-0.3, -0.25) is 0 Å². The molecule has 0 saturated carbocycles. The van der Waals surface area contributed by atoms with Crippen LogP contribution >= 0.6 is 11.6 Å². The van der Waals surface area contributed by atoms with E-state index in [1.54, 1.807) is 12.1 Å². The molecule has 1 N–H and O–H groups in total. The number of unbranched alkanes of at least 4 members (excludes halogenated alkanes) is 2. The lowest BCUT2D eigenvalue weighted by Crippen LogP contribution is -1.88. The summed E-state index contributed by atoms with van der Waals surface area (Å²) in [7, 11) is 0. The van der Waals surface area contributed by atoms with Gasteiger partial charge in [-0.25, -0.2) is 0 Å². The van der Waals surface area contributed by atoms with E-state index in [1.165, 1.54) is 0 Å². The van der Waals surface area contributed by atoms with E-state index in [-0.39, 0.29) is 6.61 Å². The van der Waals surface area contributed by atoms with Crippen LogP contribution in [0.15, 0.2) is 18.2 Å². The van der Waals surface area contributed by atoms with Crippen molar-refractivity contribution in [3.63, 3.8) is 0 Å². The molecule has 0 bridgehead atoms. The summed E-state index contributed by atoms with van der Waals surface area (Å²) in [5.74, 6) is 6.13. The van der Waals surface area contributed by atoms with E-state index >= 15 is 0 Å². The molecule has 0 spiro atoms. The Hall–Kier alpha value is -0.970. The lowest BCUT2D eigenvalue weighted by molar-refractivity contribution is 0.281. The van der Waals surface area contributed by atoms with Gasteiger partial charge in [-0.15, -0.1) is 0 Å². The fourth-order valence-electron chi connectivity index (χ4n) is 1.23. The van der Waals surface area contributed by atoms with Crippen molar-refractivity contribution in [1.82, 2.24) is 0 Å². The fraction of sp³-hybridized carbons (Fsp3) is 0.385. The largest absolute Gasteiger partial charge is 0.392 e. The lowest BCUT2D eigenvalue weighted by Gasteiger charge is -2.00. The number of hydrogen-bond acceptors (Lipinski definition) is 1. The Balaban J connectivity index is 2.80. The van der Waals surface area contributed by atoms with Gasteiger partial charge in [0.2, 0.25) is 0 Å². The van der Waals surface area contributed by atoms with Crippen LogP contribution in [-0.2, 0) is 6.61 Å². The Morgan fingerprint density at radius 1 is 1.40 bits per heavy atom. The third-order valence-electron chi connectivity index (χ3n) is 2.12. The molecule has 0 aromatic heterocycles. The van der Waals surface area contributed by atoms with Crippen LogP contribution in [0.4, 0.5) is 0 Å². The maximum atomic E-state index is 9.10. The van der Waals surface area contributed by atoms with Gasteiger partial charge in [-0.2, -0.15) is 0 Å². The summed E-state index contributed by atoms with van der Waals surface area (Å²) in [6.45, 7) is 2.15. The van der Waals surface area contributed by atoms with E-state index in [1.807, 2.05) is 6.07 Å². The van der Waals surface area contributed by atoms with Crippen molar-refractivity contribution in [3.05, 3.63) is 34.3 Å². The lowest BCUT2D eigenvalue weighted by atomic mass is 10.1. The SMILES string of the molecule is CCCCC#Cc1cc(Cl)ccc1CO. The molecule has 1 rings (SSSR count). The third kappa shape index (κ3) is 3.95. The first-order valence-corrected chi connectivity index (χ1v) is 5.54. The Bertz CT molecular complexity index is 374. The zero-order chi connectivity index (χ0) is 11.1. The number of aliphatic hydroxyl groups is 1. The van der Waals surface area contributed by atoms with Crippen LogP contribution in [0, 0.1) is 11.8 Å². The zero-order valence-electron chi connectivity index (χ0n) is 8.89. The second kappa shape index (κ2) is 6.50. The standard InChI is InChI=1S/C13H15ClO/c1-2-3-4-5-6-11-9-13(14)8-7-12(11)10-15/h7-9,15H,2-4,10H2,1H3. The molecule has 1 aromatic rings. The molecular weight excluding hydrogens is 208 g/mol. The molecule has 0 aliphatic carbocycles. The highest BCUT2D eigenvalue weighted by molar-refractivity contribution is 6.30. The molecule has 0 saturated heterocycles. The van der Waals surface area contributed by atoms with Gasteiger partial charge in [0.25, 0.3) is 0 Å². The van der Waals surface area contributed by atoms with E-state index in [0.29, 0.717) is 5.02 Å². The Morgan fingerprint density at radius 2 is 2.20 bits per heavy atom. The maximum absolute atomic E-state index is 9.10. The van der Waals surface area contributed by atoms with Gasteiger partial charge in [0.1, 0.15) is 0 Å². The van der Waals surface area contributed by atoms with Gasteiger partial charge in [-0.1, -0.05) is 42.9 Å². The molecule has 0 aliphatic rings. The maximum Gasteiger partial charge on any atom is 0.0694 e. The number of halogens is 1. The second-order valence-corrected chi connectivity index (χ2v) is 3.80. The molecule has 0 fully saturated rings. The van der Waals surface area contributed by atoms with Crippen molar-refractivity contribution in [2.75, 3.05) is 0 Å². The molecular formula is C13H15ClO. The second-order valence-electron chi connectivity index (χ2n) is 3.36. The minimum atomic E-state index is 0.00889. The van der Waals surface area contributed by atoms with E-state index < -0.39 is 0 Å². The zero-order valence-corrected chi connectivity index (χ0v) is 9.64. The van der Waals surface area contributed by atoms with Crippen molar-refractivity contribution in [3.8, 4) is 11.8 Å². The van der Waals surface area contributed by atoms with Gasteiger partial charge in [0, 0.05) is 17.0 Å². The topological polar surface area (TPSA) is 20.2 Å². The summed E-state index contributed by atoms with van der Waals surface area (Å²) in [5.41, 5.74) is 1.67. The summed E-state index contributed by atoms with van der Waals surface area (Å²) >= 11 is 5.86.